The van der Waals surface area contributed by atoms with Crippen LogP contribution in [0.15, 0.2) is 38.6 Å². The molecule has 5 nitrogen and oxygen atoms in total. The smallest absolute Gasteiger partial charge is 0.216 e. The average molecular weight is 474 g/mol. The van der Waals surface area contributed by atoms with E-state index in [0.717, 1.165) is 36.3 Å². The first-order valence-corrected chi connectivity index (χ1v) is 9.21. The summed E-state index contributed by atoms with van der Waals surface area (Å²) in [5.74, 6) is 3.27. The van der Waals surface area contributed by atoms with Crippen LogP contribution < -0.4 is 10.6 Å². The summed E-state index contributed by atoms with van der Waals surface area (Å²) in [6, 6.07) is 8.60. The van der Waals surface area contributed by atoms with Gasteiger partial charge in [0.05, 0.1) is 5.69 Å². The van der Waals surface area contributed by atoms with E-state index in [4.69, 9.17) is 4.42 Å². The number of aliphatic imine (C=N–C) groups is 1. The van der Waals surface area contributed by atoms with Crippen LogP contribution in [0.5, 0.6) is 0 Å². The van der Waals surface area contributed by atoms with Crippen molar-refractivity contribution in [2.45, 2.75) is 39.1 Å². The molecule has 1 aromatic carbocycles. The number of hydrogen-bond donors (Lipinski definition) is 2. The van der Waals surface area contributed by atoms with Crippen LogP contribution in [0.1, 0.15) is 29.8 Å². The van der Waals surface area contributed by atoms with Crippen LogP contribution in [-0.4, -0.2) is 29.8 Å². The number of halogens is 1. The van der Waals surface area contributed by atoms with Crippen molar-refractivity contribution in [1.82, 2.24) is 15.6 Å². The molecule has 0 saturated heterocycles. The van der Waals surface area contributed by atoms with E-state index >= 15 is 0 Å². The fourth-order valence-electron chi connectivity index (χ4n) is 2.07. The van der Waals surface area contributed by atoms with E-state index in [1.807, 2.05) is 25.6 Å². The summed E-state index contributed by atoms with van der Waals surface area (Å²) >= 11 is 1.83. The molecule has 2 rings (SSSR count). The van der Waals surface area contributed by atoms with Crippen LogP contribution in [0.25, 0.3) is 0 Å². The molecule has 25 heavy (non-hydrogen) atoms. The zero-order chi connectivity index (χ0) is 17.4. The second-order valence-electron chi connectivity index (χ2n) is 5.53. The van der Waals surface area contributed by atoms with Crippen LogP contribution >= 0.6 is 35.7 Å². The Balaban J connectivity index is 0.00000312. The van der Waals surface area contributed by atoms with Crippen molar-refractivity contribution in [1.29, 1.82) is 0 Å². The minimum atomic E-state index is 0. The van der Waals surface area contributed by atoms with Crippen LogP contribution in [-0.2, 0) is 6.54 Å². The molecule has 7 heteroatoms. The predicted octanol–water partition coefficient (Wildman–Crippen LogP) is 4.07. The first-order chi connectivity index (χ1) is 11.6. The zero-order valence-electron chi connectivity index (χ0n) is 15.3. The molecule has 1 aromatic heterocycles. The van der Waals surface area contributed by atoms with Gasteiger partial charge in [0, 0.05) is 23.7 Å². The van der Waals surface area contributed by atoms with Crippen molar-refractivity contribution in [3.05, 3.63) is 47.2 Å². The normalized spacial score (nSPS) is 11.1. The van der Waals surface area contributed by atoms with Crippen molar-refractivity contribution < 1.29 is 4.42 Å². The molecule has 0 fully saturated rings. The first-order valence-electron chi connectivity index (χ1n) is 8.23. The average Bonchev–Trinajstić information content (AvgIpc) is 2.89. The third kappa shape index (κ3) is 7.68. The molecule has 0 saturated carbocycles. The summed E-state index contributed by atoms with van der Waals surface area (Å²) in [5, 5.41) is 6.58. The number of hydrogen-bond acceptors (Lipinski definition) is 4. The maximum absolute atomic E-state index is 5.56. The van der Waals surface area contributed by atoms with Crippen LogP contribution in [0.2, 0.25) is 0 Å². The first kappa shape index (κ1) is 21.8. The van der Waals surface area contributed by atoms with Crippen molar-refractivity contribution in [3.8, 4) is 0 Å². The van der Waals surface area contributed by atoms with E-state index in [1.54, 1.807) is 0 Å². The summed E-state index contributed by atoms with van der Waals surface area (Å²) in [7, 11) is 0. The lowest BCUT2D eigenvalue weighted by atomic mass is 10.2. The van der Waals surface area contributed by atoms with Crippen LogP contribution in [0.4, 0.5) is 0 Å². The summed E-state index contributed by atoms with van der Waals surface area (Å²) in [5.41, 5.74) is 2.21. The number of nitrogens with zero attached hydrogens (tertiary/aromatic N) is 2. The van der Waals surface area contributed by atoms with Gasteiger partial charge >= 0.3 is 0 Å². The minimum absolute atomic E-state index is 0. The number of nitrogens with one attached hydrogen (secondary N) is 2. The Morgan fingerprint density at radius 2 is 1.88 bits per heavy atom. The Morgan fingerprint density at radius 1 is 1.16 bits per heavy atom. The molecule has 0 aliphatic rings. The van der Waals surface area contributed by atoms with E-state index in [0.29, 0.717) is 12.4 Å². The second kappa shape index (κ2) is 11.4. The SMILES string of the molecule is CCNC(=NCc1nc(C)c(C)o1)NCCSc1ccc(C)cc1.I. The molecule has 2 N–H and O–H groups in total. The largest absolute Gasteiger partial charge is 0.444 e. The van der Waals surface area contributed by atoms with Crippen molar-refractivity contribution >= 4 is 41.7 Å². The molecule has 1 heterocycles. The fourth-order valence-corrected chi connectivity index (χ4v) is 2.84. The molecule has 138 valence electrons. The number of thioether (sulfide) groups is 1. The molecule has 0 amide bonds. The molecular formula is C18H27IN4OS. The number of aromatic nitrogens is 1. The highest BCUT2D eigenvalue weighted by atomic mass is 127. The molecule has 0 spiro atoms. The Bertz CT molecular complexity index is 651. The second-order valence-corrected chi connectivity index (χ2v) is 6.70. The molecule has 0 radical (unpaired) electrons. The summed E-state index contributed by atoms with van der Waals surface area (Å²) in [4.78, 5) is 10.2. The van der Waals surface area contributed by atoms with Gasteiger partial charge < -0.3 is 15.1 Å². The van der Waals surface area contributed by atoms with Gasteiger partial charge in [-0.3, -0.25) is 0 Å². The number of rotatable bonds is 7. The Morgan fingerprint density at radius 3 is 2.48 bits per heavy atom. The highest BCUT2D eigenvalue weighted by Gasteiger charge is 2.05. The Hall–Kier alpha value is -1.22. The fraction of sp³-hybridized carbons (Fsp3) is 0.444. The summed E-state index contributed by atoms with van der Waals surface area (Å²) in [6.45, 7) is 10.1. The van der Waals surface area contributed by atoms with Crippen LogP contribution in [0, 0.1) is 20.8 Å². The van der Waals surface area contributed by atoms with Gasteiger partial charge in [-0.1, -0.05) is 17.7 Å². The molecule has 0 atom stereocenters. The lowest BCUT2D eigenvalue weighted by molar-refractivity contribution is 0.473. The minimum Gasteiger partial charge on any atom is -0.444 e. The summed E-state index contributed by atoms with van der Waals surface area (Å²) in [6.07, 6.45) is 0. The van der Waals surface area contributed by atoms with Crippen molar-refractivity contribution in [2.24, 2.45) is 4.99 Å². The van der Waals surface area contributed by atoms with Gasteiger partial charge in [0.1, 0.15) is 12.3 Å². The van der Waals surface area contributed by atoms with Gasteiger partial charge in [0.2, 0.25) is 5.89 Å². The van der Waals surface area contributed by atoms with Crippen LogP contribution in [0.3, 0.4) is 0 Å². The molecular weight excluding hydrogens is 447 g/mol. The molecule has 0 unspecified atom stereocenters. The van der Waals surface area contributed by atoms with Gasteiger partial charge in [-0.2, -0.15) is 0 Å². The maximum atomic E-state index is 5.56. The van der Waals surface area contributed by atoms with E-state index in [-0.39, 0.29) is 24.0 Å². The topological polar surface area (TPSA) is 62.5 Å². The number of guanidine groups is 1. The third-order valence-corrected chi connectivity index (χ3v) is 4.49. The molecule has 2 aromatic rings. The lowest BCUT2D eigenvalue weighted by Gasteiger charge is -2.10. The standard InChI is InChI=1S/C18H26N4OS.HI/c1-5-19-18(21-12-17-22-14(3)15(4)23-17)20-10-11-24-16-8-6-13(2)7-9-16;/h6-9H,5,10-12H2,1-4H3,(H2,19,20,21);1H. The Kier molecular flexibility index (Phi) is 9.96. The van der Waals surface area contributed by atoms with E-state index in [9.17, 15) is 0 Å². The van der Waals surface area contributed by atoms with E-state index < -0.39 is 0 Å². The van der Waals surface area contributed by atoms with E-state index in [1.165, 1.54) is 10.5 Å². The summed E-state index contributed by atoms with van der Waals surface area (Å²) < 4.78 is 5.56. The molecule has 0 aliphatic heterocycles. The van der Waals surface area contributed by atoms with E-state index in [2.05, 4.69) is 58.7 Å². The van der Waals surface area contributed by atoms with Gasteiger partial charge in [0.25, 0.3) is 0 Å². The van der Waals surface area contributed by atoms with Gasteiger partial charge in [-0.25, -0.2) is 9.98 Å². The van der Waals surface area contributed by atoms with Gasteiger partial charge in [-0.05, 0) is 39.8 Å². The Labute approximate surface area is 171 Å². The monoisotopic (exact) mass is 474 g/mol. The van der Waals surface area contributed by atoms with Gasteiger partial charge in [0.15, 0.2) is 5.96 Å². The zero-order valence-corrected chi connectivity index (χ0v) is 18.4. The molecule has 0 aliphatic carbocycles. The number of benzene rings is 1. The lowest BCUT2D eigenvalue weighted by Crippen LogP contribution is -2.38. The van der Waals surface area contributed by atoms with Crippen molar-refractivity contribution in [2.75, 3.05) is 18.8 Å². The number of oxazole rings is 1. The van der Waals surface area contributed by atoms with Gasteiger partial charge in [-0.15, -0.1) is 35.7 Å². The van der Waals surface area contributed by atoms with Crippen molar-refractivity contribution in [3.63, 3.8) is 0 Å². The third-order valence-electron chi connectivity index (χ3n) is 3.47. The molecule has 0 bridgehead atoms. The predicted molar refractivity (Wildman–Crippen MR) is 116 cm³/mol. The highest BCUT2D eigenvalue weighted by Crippen LogP contribution is 2.17. The quantitative estimate of drug-likeness (QED) is 0.208. The number of aryl methyl sites for hydroxylation is 3. The maximum Gasteiger partial charge on any atom is 0.216 e. The highest BCUT2D eigenvalue weighted by molar-refractivity contribution is 14.0.